The second kappa shape index (κ2) is 7.28. The molecule has 0 unspecified atom stereocenters. The van der Waals surface area contributed by atoms with E-state index < -0.39 is 0 Å². The predicted molar refractivity (Wildman–Crippen MR) is 115 cm³/mol. The molecule has 29 heavy (non-hydrogen) atoms. The fourth-order valence-corrected chi connectivity index (χ4v) is 3.45. The van der Waals surface area contributed by atoms with E-state index in [1.807, 2.05) is 37.3 Å². The Morgan fingerprint density at radius 2 is 1.86 bits per heavy atom. The minimum atomic E-state index is -0.179. The van der Waals surface area contributed by atoms with Crippen molar-refractivity contribution in [2.24, 2.45) is 0 Å². The minimum Gasteiger partial charge on any atom is -0.344 e. The molecule has 0 saturated heterocycles. The number of H-pyrrole nitrogens is 1. The zero-order chi connectivity index (χ0) is 20.6. The van der Waals surface area contributed by atoms with Crippen molar-refractivity contribution in [3.05, 3.63) is 65.4 Å². The van der Waals surface area contributed by atoms with E-state index in [-0.39, 0.29) is 17.4 Å². The molecule has 0 aliphatic carbocycles. The van der Waals surface area contributed by atoms with E-state index >= 15 is 0 Å². The van der Waals surface area contributed by atoms with Gasteiger partial charge < -0.3 is 5.32 Å². The minimum absolute atomic E-state index is 0.0733. The van der Waals surface area contributed by atoms with E-state index in [9.17, 15) is 4.79 Å². The van der Waals surface area contributed by atoms with Crippen LogP contribution in [0.5, 0.6) is 0 Å². The maximum Gasteiger partial charge on any atom is 0.270 e. The van der Waals surface area contributed by atoms with Crippen molar-refractivity contribution in [3.63, 3.8) is 0 Å². The van der Waals surface area contributed by atoms with Crippen molar-refractivity contribution < 1.29 is 4.79 Å². The summed E-state index contributed by atoms with van der Waals surface area (Å²) >= 11 is 0. The monoisotopic (exact) mass is 387 g/mol. The molecule has 2 aromatic carbocycles. The van der Waals surface area contributed by atoms with Gasteiger partial charge in [0.15, 0.2) is 0 Å². The van der Waals surface area contributed by atoms with Crippen LogP contribution in [0.3, 0.4) is 0 Å². The van der Waals surface area contributed by atoms with Crippen molar-refractivity contribution >= 4 is 27.8 Å². The van der Waals surface area contributed by atoms with Crippen LogP contribution in [-0.4, -0.2) is 26.3 Å². The van der Waals surface area contributed by atoms with Gasteiger partial charge in [-0.15, -0.1) is 5.10 Å². The number of hydrogen-bond acceptors (Lipinski definition) is 4. The fourth-order valence-electron chi connectivity index (χ4n) is 3.45. The Hall–Kier alpha value is -3.28. The van der Waals surface area contributed by atoms with Gasteiger partial charge in [0.25, 0.3) is 5.91 Å². The number of carbonyl (C=O) groups excluding carboxylic acids is 1. The van der Waals surface area contributed by atoms with Crippen molar-refractivity contribution in [2.75, 3.05) is 0 Å². The number of aromatic nitrogens is 4. The van der Waals surface area contributed by atoms with Gasteiger partial charge in [-0.25, -0.2) is 4.98 Å². The lowest BCUT2D eigenvalue weighted by Crippen LogP contribution is -2.28. The average Bonchev–Trinajstić information content (AvgIpc) is 3.18. The number of fused-ring (bicyclic) bond motifs is 2. The molecule has 0 bridgehead atoms. The van der Waals surface area contributed by atoms with Crippen LogP contribution >= 0.6 is 0 Å². The maximum absolute atomic E-state index is 12.9. The number of aromatic amines is 1. The quantitative estimate of drug-likeness (QED) is 0.532. The van der Waals surface area contributed by atoms with E-state index in [0.717, 1.165) is 33.9 Å². The Morgan fingerprint density at radius 1 is 1.07 bits per heavy atom. The van der Waals surface area contributed by atoms with Crippen molar-refractivity contribution in [1.29, 1.82) is 0 Å². The third kappa shape index (κ3) is 3.83. The summed E-state index contributed by atoms with van der Waals surface area (Å²) in [6, 6.07) is 15.7. The highest BCUT2D eigenvalue weighted by Crippen LogP contribution is 2.26. The molecule has 2 heterocycles. The van der Waals surface area contributed by atoms with Gasteiger partial charge in [-0.1, -0.05) is 51.1 Å². The fraction of sp³-hybridized carbons (Fsp3) is 0.304. The lowest BCUT2D eigenvalue weighted by molar-refractivity contribution is 0.0931. The van der Waals surface area contributed by atoms with E-state index in [1.54, 1.807) is 6.07 Å². The Bertz CT molecular complexity index is 1190. The van der Waals surface area contributed by atoms with Crippen LogP contribution < -0.4 is 5.32 Å². The second-order valence-electron chi connectivity index (χ2n) is 8.38. The smallest absolute Gasteiger partial charge is 0.270 e. The summed E-state index contributed by atoms with van der Waals surface area (Å²) in [5.74, 6) is -0.179. The number of benzene rings is 2. The molecule has 0 aliphatic heterocycles. The second-order valence-corrected chi connectivity index (χ2v) is 8.38. The molecule has 1 atom stereocenters. The number of nitrogens with one attached hydrogen (secondary N) is 2. The summed E-state index contributed by atoms with van der Waals surface area (Å²) < 4.78 is 0. The molecule has 6 nitrogen and oxygen atoms in total. The summed E-state index contributed by atoms with van der Waals surface area (Å²) in [5, 5.41) is 14.8. The van der Waals surface area contributed by atoms with Crippen molar-refractivity contribution in [3.8, 4) is 0 Å². The molecule has 0 radical (unpaired) electrons. The first-order chi connectivity index (χ1) is 13.8. The SMILES string of the molecule is CC[C@@H](NC(=O)c1ccc2cc(C(C)(C)C)ccc2n1)c1ccc2nn[nH]c2c1. The number of hydrogen-bond donors (Lipinski definition) is 2. The first-order valence-corrected chi connectivity index (χ1v) is 9.88. The van der Waals surface area contributed by atoms with E-state index in [0.29, 0.717) is 5.69 Å². The lowest BCUT2D eigenvalue weighted by Gasteiger charge is -2.19. The summed E-state index contributed by atoms with van der Waals surface area (Å²) in [6.45, 7) is 8.60. The molecule has 0 saturated carbocycles. The molecule has 4 aromatic rings. The van der Waals surface area contributed by atoms with Gasteiger partial charge in [-0.05, 0) is 53.3 Å². The average molecular weight is 387 g/mol. The van der Waals surface area contributed by atoms with E-state index in [1.165, 1.54) is 5.56 Å². The van der Waals surface area contributed by atoms with Gasteiger partial charge in [-0.2, -0.15) is 0 Å². The number of nitrogens with zero attached hydrogens (tertiary/aromatic N) is 3. The van der Waals surface area contributed by atoms with Gasteiger partial charge in [-0.3, -0.25) is 9.89 Å². The Morgan fingerprint density at radius 3 is 2.62 bits per heavy atom. The summed E-state index contributed by atoms with van der Waals surface area (Å²) in [6.07, 6.45) is 0.765. The van der Waals surface area contributed by atoms with Gasteiger partial charge in [0, 0.05) is 5.39 Å². The van der Waals surface area contributed by atoms with E-state index in [2.05, 4.69) is 58.6 Å². The third-order valence-corrected chi connectivity index (χ3v) is 5.25. The summed E-state index contributed by atoms with van der Waals surface area (Å²) in [7, 11) is 0. The molecular weight excluding hydrogens is 362 g/mol. The lowest BCUT2D eigenvalue weighted by atomic mass is 9.86. The van der Waals surface area contributed by atoms with Gasteiger partial charge in [0.1, 0.15) is 11.2 Å². The van der Waals surface area contributed by atoms with E-state index in [4.69, 9.17) is 0 Å². The van der Waals surface area contributed by atoms with Crippen LogP contribution in [-0.2, 0) is 5.41 Å². The highest BCUT2D eigenvalue weighted by Gasteiger charge is 2.18. The van der Waals surface area contributed by atoms with Crippen LogP contribution in [0.15, 0.2) is 48.5 Å². The maximum atomic E-state index is 12.9. The van der Waals surface area contributed by atoms with Crippen LogP contribution in [0.25, 0.3) is 21.9 Å². The first-order valence-electron chi connectivity index (χ1n) is 9.88. The molecule has 1 amide bonds. The van der Waals surface area contributed by atoms with Crippen LogP contribution in [0.1, 0.15) is 61.8 Å². The molecule has 2 aromatic heterocycles. The summed E-state index contributed by atoms with van der Waals surface area (Å²) in [4.78, 5) is 17.4. The number of carbonyl (C=O) groups is 1. The molecule has 0 fully saturated rings. The molecular formula is C23H25N5O. The highest BCUT2D eigenvalue weighted by molar-refractivity contribution is 5.95. The van der Waals surface area contributed by atoms with Crippen molar-refractivity contribution in [1.82, 2.24) is 25.7 Å². The van der Waals surface area contributed by atoms with Crippen molar-refractivity contribution in [2.45, 2.75) is 45.6 Å². The van der Waals surface area contributed by atoms with Gasteiger partial charge in [0.2, 0.25) is 0 Å². The van der Waals surface area contributed by atoms with Crippen LogP contribution in [0, 0.1) is 0 Å². The Balaban J connectivity index is 1.58. The van der Waals surface area contributed by atoms with Gasteiger partial charge >= 0.3 is 0 Å². The molecule has 6 heteroatoms. The molecule has 0 spiro atoms. The number of pyridine rings is 1. The standard InChI is InChI=1S/C23H25N5O/c1-5-17(15-6-9-19-21(13-15)27-28-26-19)25-22(29)20-10-7-14-12-16(23(2,3)4)8-11-18(14)24-20/h6-13,17H,5H2,1-4H3,(H,25,29)(H,26,27,28)/t17-/m1/s1. The van der Waals surface area contributed by atoms with Gasteiger partial charge in [0.05, 0.1) is 17.1 Å². The third-order valence-electron chi connectivity index (χ3n) is 5.25. The topological polar surface area (TPSA) is 83.6 Å². The zero-order valence-electron chi connectivity index (χ0n) is 17.2. The first kappa shape index (κ1) is 19.1. The van der Waals surface area contributed by atoms with Crippen LogP contribution in [0.2, 0.25) is 0 Å². The Kier molecular flexibility index (Phi) is 4.78. The number of amides is 1. The Labute approximate surface area is 169 Å². The zero-order valence-corrected chi connectivity index (χ0v) is 17.2. The number of rotatable bonds is 4. The summed E-state index contributed by atoms with van der Waals surface area (Å²) in [5.41, 5.74) is 5.24. The molecule has 2 N–H and O–H groups in total. The largest absolute Gasteiger partial charge is 0.344 e. The predicted octanol–water partition coefficient (Wildman–Crippen LogP) is 4.68. The molecule has 0 aliphatic rings. The highest BCUT2D eigenvalue weighted by atomic mass is 16.1. The normalized spacial score (nSPS) is 13.0. The van der Waals surface area contributed by atoms with Crippen LogP contribution in [0.4, 0.5) is 0 Å². The molecule has 4 rings (SSSR count). The molecule has 148 valence electrons.